The molecule has 1 aromatic heterocycles. The quantitative estimate of drug-likeness (QED) is 0.755. The van der Waals surface area contributed by atoms with Crippen molar-refractivity contribution in [2.75, 3.05) is 6.26 Å². The summed E-state index contributed by atoms with van der Waals surface area (Å²) in [5.74, 6) is 0.857. The van der Waals surface area contributed by atoms with Gasteiger partial charge in [-0.1, -0.05) is 23.4 Å². The minimum absolute atomic E-state index is 0.728. The van der Waals surface area contributed by atoms with E-state index in [1.165, 1.54) is 0 Å². The molecule has 5 heteroatoms. The molecule has 3 nitrogen and oxygen atoms in total. The summed E-state index contributed by atoms with van der Waals surface area (Å²) in [6, 6.07) is 7.58. The summed E-state index contributed by atoms with van der Waals surface area (Å²) >= 11 is 7.40. The maximum atomic E-state index is 5.82. The molecule has 0 spiro atoms. The standard InChI is InChI=1S/C10H10ClN3S/c1-14-9(12-13-10(14)15-2)7-3-5-8(11)6-4-7/h3-6H,1-2H3. The van der Waals surface area contributed by atoms with E-state index in [2.05, 4.69) is 10.2 Å². The minimum atomic E-state index is 0.728. The Balaban J connectivity index is 2.45. The first-order valence-electron chi connectivity index (χ1n) is 4.41. The number of nitrogens with zero attached hydrogens (tertiary/aromatic N) is 3. The Labute approximate surface area is 97.5 Å². The second kappa shape index (κ2) is 4.24. The van der Waals surface area contributed by atoms with Crippen LogP contribution >= 0.6 is 23.4 Å². The Kier molecular flexibility index (Phi) is 2.98. The van der Waals surface area contributed by atoms with E-state index in [9.17, 15) is 0 Å². The van der Waals surface area contributed by atoms with Crippen molar-refractivity contribution in [3.8, 4) is 11.4 Å². The lowest BCUT2D eigenvalue weighted by atomic mass is 10.2. The third-order valence-corrected chi connectivity index (χ3v) is 3.09. The molecule has 0 bridgehead atoms. The maximum absolute atomic E-state index is 5.82. The largest absolute Gasteiger partial charge is 0.305 e. The third kappa shape index (κ3) is 2.01. The van der Waals surface area contributed by atoms with Crippen molar-refractivity contribution in [1.82, 2.24) is 14.8 Å². The van der Waals surface area contributed by atoms with Crippen LogP contribution in [0, 0.1) is 0 Å². The molecule has 0 atom stereocenters. The molecule has 0 fully saturated rings. The summed E-state index contributed by atoms with van der Waals surface area (Å²) in [6.07, 6.45) is 1.98. The molecule has 0 amide bonds. The van der Waals surface area contributed by atoms with Gasteiger partial charge in [0.15, 0.2) is 11.0 Å². The van der Waals surface area contributed by atoms with Gasteiger partial charge >= 0.3 is 0 Å². The van der Waals surface area contributed by atoms with E-state index in [1.54, 1.807) is 11.8 Å². The summed E-state index contributed by atoms with van der Waals surface area (Å²) in [6.45, 7) is 0. The van der Waals surface area contributed by atoms with Crippen LogP contribution in [-0.2, 0) is 7.05 Å². The van der Waals surface area contributed by atoms with Crippen LogP contribution in [-0.4, -0.2) is 21.0 Å². The predicted octanol–water partition coefficient (Wildman–Crippen LogP) is 2.86. The highest BCUT2D eigenvalue weighted by Gasteiger charge is 2.08. The zero-order chi connectivity index (χ0) is 10.8. The molecule has 1 heterocycles. The first-order valence-corrected chi connectivity index (χ1v) is 6.02. The first-order chi connectivity index (χ1) is 7.22. The van der Waals surface area contributed by atoms with Crippen LogP contribution in [0.3, 0.4) is 0 Å². The highest BCUT2D eigenvalue weighted by Crippen LogP contribution is 2.22. The summed E-state index contributed by atoms with van der Waals surface area (Å²) in [7, 11) is 1.95. The van der Waals surface area contributed by atoms with Crippen LogP contribution in [0.4, 0.5) is 0 Å². The minimum Gasteiger partial charge on any atom is -0.305 e. The number of hydrogen-bond acceptors (Lipinski definition) is 3. The first kappa shape index (κ1) is 10.5. The van der Waals surface area contributed by atoms with Crippen LogP contribution in [0.1, 0.15) is 0 Å². The molecule has 0 radical (unpaired) electrons. The summed E-state index contributed by atoms with van der Waals surface area (Å²) < 4.78 is 1.97. The molecule has 15 heavy (non-hydrogen) atoms. The van der Waals surface area contributed by atoms with Gasteiger partial charge in [0, 0.05) is 17.6 Å². The fourth-order valence-electron chi connectivity index (χ4n) is 1.34. The normalized spacial score (nSPS) is 10.6. The van der Waals surface area contributed by atoms with Crippen LogP contribution in [0.25, 0.3) is 11.4 Å². The molecular weight excluding hydrogens is 230 g/mol. The van der Waals surface area contributed by atoms with Crippen LogP contribution in [0.5, 0.6) is 0 Å². The van der Waals surface area contributed by atoms with Gasteiger partial charge in [0.1, 0.15) is 0 Å². The van der Waals surface area contributed by atoms with E-state index in [0.29, 0.717) is 0 Å². The van der Waals surface area contributed by atoms with E-state index >= 15 is 0 Å². The second-order valence-corrected chi connectivity index (χ2v) is 4.29. The Morgan fingerprint density at radius 3 is 2.40 bits per heavy atom. The molecule has 0 unspecified atom stereocenters. The fraction of sp³-hybridized carbons (Fsp3) is 0.200. The molecule has 0 saturated heterocycles. The molecule has 2 rings (SSSR count). The van der Waals surface area contributed by atoms with Gasteiger partial charge < -0.3 is 4.57 Å². The predicted molar refractivity (Wildman–Crippen MR) is 63.2 cm³/mol. The Morgan fingerprint density at radius 1 is 1.20 bits per heavy atom. The Bertz CT molecular complexity index is 464. The highest BCUT2D eigenvalue weighted by atomic mass is 35.5. The van der Waals surface area contributed by atoms with E-state index in [4.69, 9.17) is 11.6 Å². The summed E-state index contributed by atoms with van der Waals surface area (Å²) in [5, 5.41) is 9.84. The van der Waals surface area contributed by atoms with Crippen LogP contribution in [0.15, 0.2) is 29.4 Å². The SMILES string of the molecule is CSc1nnc(-c2ccc(Cl)cc2)n1C. The molecule has 0 saturated carbocycles. The van der Waals surface area contributed by atoms with Gasteiger partial charge in [0.25, 0.3) is 0 Å². The zero-order valence-corrected chi connectivity index (χ0v) is 10.0. The van der Waals surface area contributed by atoms with Gasteiger partial charge in [-0.05, 0) is 30.5 Å². The van der Waals surface area contributed by atoms with E-state index < -0.39 is 0 Å². The number of halogens is 1. The lowest BCUT2D eigenvalue weighted by Crippen LogP contribution is -1.93. The Hall–Kier alpha value is -1.00. The van der Waals surface area contributed by atoms with Crippen molar-refractivity contribution in [3.05, 3.63) is 29.3 Å². The van der Waals surface area contributed by atoms with Crippen LogP contribution in [0.2, 0.25) is 5.02 Å². The van der Waals surface area contributed by atoms with E-state index in [0.717, 1.165) is 21.6 Å². The number of aromatic nitrogens is 3. The van der Waals surface area contributed by atoms with Crippen molar-refractivity contribution in [3.63, 3.8) is 0 Å². The lowest BCUT2D eigenvalue weighted by molar-refractivity contribution is 0.795. The van der Waals surface area contributed by atoms with Crippen molar-refractivity contribution < 1.29 is 0 Å². The molecular formula is C10H10ClN3S. The molecule has 2 aromatic rings. The molecule has 0 aliphatic heterocycles. The number of hydrogen-bond donors (Lipinski definition) is 0. The van der Waals surface area contributed by atoms with Crippen LogP contribution < -0.4 is 0 Å². The zero-order valence-electron chi connectivity index (χ0n) is 8.44. The maximum Gasteiger partial charge on any atom is 0.190 e. The third-order valence-electron chi connectivity index (χ3n) is 2.12. The number of rotatable bonds is 2. The number of benzene rings is 1. The number of thioether (sulfide) groups is 1. The van der Waals surface area contributed by atoms with E-state index in [-0.39, 0.29) is 0 Å². The van der Waals surface area contributed by atoms with Gasteiger partial charge in [0.05, 0.1) is 0 Å². The fourth-order valence-corrected chi connectivity index (χ4v) is 1.95. The average molecular weight is 240 g/mol. The molecule has 0 aliphatic rings. The smallest absolute Gasteiger partial charge is 0.190 e. The molecule has 78 valence electrons. The second-order valence-electron chi connectivity index (χ2n) is 3.08. The Morgan fingerprint density at radius 2 is 1.87 bits per heavy atom. The van der Waals surface area contributed by atoms with Gasteiger partial charge in [-0.25, -0.2) is 0 Å². The molecule has 1 aromatic carbocycles. The molecule has 0 N–H and O–H groups in total. The lowest BCUT2D eigenvalue weighted by Gasteiger charge is -2.01. The highest BCUT2D eigenvalue weighted by molar-refractivity contribution is 7.98. The van der Waals surface area contributed by atoms with Gasteiger partial charge in [0.2, 0.25) is 0 Å². The van der Waals surface area contributed by atoms with Gasteiger partial charge in [-0.2, -0.15) is 0 Å². The van der Waals surface area contributed by atoms with Crippen molar-refractivity contribution in [1.29, 1.82) is 0 Å². The summed E-state index contributed by atoms with van der Waals surface area (Å²) in [4.78, 5) is 0. The van der Waals surface area contributed by atoms with Crippen molar-refractivity contribution in [2.24, 2.45) is 7.05 Å². The van der Waals surface area contributed by atoms with Gasteiger partial charge in [-0.3, -0.25) is 0 Å². The van der Waals surface area contributed by atoms with E-state index in [1.807, 2.05) is 42.1 Å². The van der Waals surface area contributed by atoms with Crippen molar-refractivity contribution in [2.45, 2.75) is 5.16 Å². The average Bonchev–Trinajstić information content (AvgIpc) is 2.61. The topological polar surface area (TPSA) is 30.7 Å². The molecule has 0 aliphatic carbocycles. The van der Waals surface area contributed by atoms with Gasteiger partial charge in [-0.15, -0.1) is 10.2 Å². The monoisotopic (exact) mass is 239 g/mol. The van der Waals surface area contributed by atoms with Crippen molar-refractivity contribution >= 4 is 23.4 Å². The summed E-state index contributed by atoms with van der Waals surface area (Å²) in [5.41, 5.74) is 1.02.